The zero-order valence-corrected chi connectivity index (χ0v) is 26.5. The molecule has 45 heavy (non-hydrogen) atoms. The summed E-state index contributed by atoms with van der Waals surface area (Å²) in [6.07, 6.45) is 3.71. The minimum atomic E-state index is -0.691. The number of methoxy groups -OCH3 is 3. The summed E-state index contributed by atoms with van der Waals surface area (Å²) in [4.78, 5) is 43.0. The van der Waals surface area contributed by atoms with E-state index in [0.29, 0.717) is 53.3 Å². The van der Waals surface area contributed by atoms with Gasteiger partial charge in [0.2, 0.25) is 23.0 Å². The van der Waals surface area contributed by atoms with Crippen LogP contribution >= 0.6 is 0 Å². The predicted molar refractivity (Wildman–Crippen MR) is 176 cm³/mol. The molecule has 0 radical (unpaired) electrons. The molecule has 0 aliphatic heterocycles. The zero-order valence-electron chi connectivity index (χ0n) is 26.5. The van der Waals surface area contributed by atoms with E-state index in [0.717, 1.165) is 22.0 Å². The molecular formula is C35H40N4O6. The molecule has 4 aromatic rings. The van der Waals surface area contributed by atoms with Crippen molar-refractivity contribution in [2.24, 2.45) is 5.92 Å². The summed E-state index contributed by atoms with van der Waals surface area (Å²) in [6, 6.07) is 13.5. The van der Waals surface area contributed by atoms with Gasteiger partial charge in [0.1, 0.15) is 6.04 Å². The van der Waals surface area contributed by atoms with E-state index in [-0.39, 0.29) is 28.8 Å². The lowest BCUT2D eigenvalue weighted by molar-refractivity contribution is -0.120. The minimum absolute atomic E-state index is 0.0894. The molecule has 0 saturated carbocycles. The number of carbonyl (C=O) groups excluding carboxylic acids is 2. The van der Waals surface area contributed by atoms with Gasteiger partial charge in [0.05, 0.1) is 33.1 Å². The van der Waals surface area contributed by atoms with E-state index in [2.05, 4.69) is 20.9 Å². The third-order valence-electron chi connectivity index (χ3n) is 8.54. The quantitative estimate of drug-likeness (QED) is 0.178. The van der Waals surface area contributed by atoms with Gasteiger partial charge in [-0.25, -0.2) is 0 Å². The van der Waals surface area contributed by atoms with Crippen molar-refractivity contribution < 1.29 is 23.8 Å². The second-order valence-corrected chi connectivity index (χ2v) is 11.4. The van der Waals surface area contributed by atoms with Crippen LogP contribution < -0.4 is 35.6 Å². The summed E-state index contributed by atoms with van der Waals surface area (Å²) in [5, 5.41) is 10.3. The highest BCUT2D eigenvalue weighted by Crippen LogP contribution is 2.50. The number of anilines is 2. The van der Waals surface area contributed by atoms with E-state index >= 15 is 0 Å². The van der Waals surface area contributed by atoms with Crippen LogP contribution in [-0.2, 0) is 16.0 Å². The van der Waals surface area contributed by atoms with E-state index < -0.39 is 12.1 Å². The normalized spacial score (nSPS) is 15.1. The first-order valence-corrected chi connectivity index (χ1v) is 15.1. The molecule has 1 aromatic heterocycles. The van der Waals surface area contributed by atoms with E-state index in [1.165, 1.54) is 6.92 Å². The molecule has 10 heteroatoms. The number of H-pyrrole nitrogens is 1. The van der Waals surface area contributed by atoms with Crippen LogP contribution in [0.4, 0.5) is 11.4 Å². The number of hydrogen-bond donors (Lipinski definition) is 4. The van der Waals surface area contributed by atoms with Gasteiger partial charge in [-0.05, 0) is 77.9 Å². The van der Waals surface area contributed by atoms with Crippen molar-refractivity contribution in [3.8, 4) is 28.4 Å². The Hall–Kier alpha value is -4.99. The average molecular weight is 613 g/mol. The van der Waals surface area contributed by atoms with E-state index in [1.807, 2.05) is 56.4 Å². The van der Waals surface area contributed by atoms with Gasteiger partial charge in [0.15, 0.2) is 11.5 Å². The molecule has 0 spiro atoms. The molecule has 1 aliphatic rings. The third-order valence-corrected chi connectivity index (χ3v) is 8.54. The maximum atomic E-state index is 13.9. The van der Waals surface area contributed by atoms with Gasteiger partial charge < -0.3 is 35.1 Å². The molecule has 5 rings (SSSR count). The van der Waals surface area contributed by atoms with Crippen molar-refractivity contribution in [2.45, 2.75) is 52.1 Å². The first kappa shape index (κ1) is 31.4. The number of aryl methyl sites for hydroxylation is 1. The second-order valence-electron chi connectivity index (χ2n) is 11.4. The predicted octanol–water partition coefficient (Wildman–Crippen LogP) is 5.81. The summed E-state index contributed by atoms with van der Waals surface area (Å²) >= 11 is 0. The van der Waals surface area contributed by atoms with Crippen molar-refractivity contribution in [1.29, 1.82) is 0 Å². The molecule has 3 unspecified atom stereocenters. The van der Waals surface area contributed by atoms with E-state index in [4.69, 9.17) is 14.2 Å². The Morgan fingerprint density at radius 2 is 1.78 bits per heavy atom. The van der Waals surface area contributed by atoms with E-state index in [1.54, 1.807) is 33.5 Å². The molecule has 0 saturated heterocycles. The maximum Gasteiger partial charge on any atom is 0.247 e. The molecule has 0 fully saturated rings. The molecule has 1 aliphatic carbocycles. The fourth-order valence-corrected chi connectivity index (χ4v) is 6.05. The fourth-order valence-electron chi connectivity index (χ4n) is 6.05. The van der Waals surface area contributed by atoms with Crippen LogP contribution in [0.25, 0.3) is 22.0 Å². The number of carbonyl (C=O) groups is 2. The van der Waals surface area contributed by atoms with Crippen LogP contribution in [-0.4, -0.2) is 44.2 Å². The summed E-state index contributed by atoms with van der Waals surface area (Å²) < 4.78 is 17.2. The number of hydrogen-bond acceptors (Lipinski definition) is 7. The number of amides is 2. The largest absolute Gasteiger partial charge is 0.493 e. The number of rotatable bonds is 10. The van der Waals surface area contributed by atoms with Gasteiger partial charge in [-0.2, -0.15) is 0 Å². The van der Waals surface area contributed by atoms with Crippen LogP contribution in [0.5, 0.6) is 17.2 Å². The monoisotopic (exact) mass is 612 g/mol. The molecule has 0 bridgehead atoms. The lowest BCUT2D eigenvalue weighted by Gasteiger charge is -2.24. The Labute approximate surface area is 262 Å². The molecule has 3 aromatic carbocycles. The molecule has 2 amide bonds. The van der Waals surface area contributed by atoms with Gasteiger partial charge in [0, 0.05) is 35.3 Å². The summed E-state index contributed by atoms with van der Waals surface area (Å²) in [7, 11) is 4.67. The van der Waals surface area contributed by atoms with Crippen LogP contribution in [0.1, 0.15) is 50.8 Å². The smallest absolute Gasteiger partial charge is 0.247 e. The van der Waals surface area contributed by atoms with Gasteiger partial charge in [-0.3, -0.25) is 14.4 Å². The lowest BCUT2D eigenvalue weighted by Crippen LogP contribution is -2.40. The Balaban J connectivity index is 1.60. The zero-order chi connectivity index (χ0) is 32.2. The highest BCUT2D eigenvalue weighted by molar-refractivity contribution is 5.98. The topological polar surface area (TPSA) is 131 Å². The first-order valence-electron chi connectivity index (χ1n) is 15.1. The Morgan fingerprint density at radius 1 is 1.00 bits per heavy atom. The molecular weight excluding hydrogens is 572 g/mol. The maximum absolute atomic E-state index is 13.9. The van der Waals surface area contributed by atoms with Crippen molar-refractivity contribution in [2.75, 3.05) is 32.0 Å². The summed E-state index contributed by atoms with van der Waals surface area (Å²) in [6.45, 7) is 5.44. The molecule has 10 nitrogen and oxygen atoms in total. The average Bonchev–Trinajstić information content (AvgIpc) is 3.38. The minimum Gasteiger partial charge on any atom is -0.493 e. The molecule has 236 valence electrons. The van der Waals surface area contributed by atoms with Crippen molar-refractivity contribution >= 4 is 34.1 Å². The lowest BCUT2D eigenvalue weighted by atomic mass is 9.95. The van der Waals surface area contributed by atoms with E-state index in [9.17, 15) is 14.4 Å². The third kappa shape index (κ3) is 6.31. The standard InChI is InChI=1S/C35H40N4O6/c1-7-19(2)32(35(42)38-23-9-12-26-21(16-23)14-15-36-26)39-28-13-10-24-25(18-29(28)41)27(37-20(3)40)11-8-22-17-30(43-4)33(44-5)34(45-6)31(22)24/h9-10,12-19,27,32,36H,7-8,11H2,1-6H3,(H,37,40)(H,38,42)(H,39,41). The van der Waals surface area contributed by atoms with Gasteiger partial charge in [-0.15, -0.1) is 0 Å². The van der Waals surface area contributed by atoms with Crippen LogP contribution in [0.3, 0.4) is 0 Å². The van der Waals surface area contributed by atoms with Gasteiger partial charge in [-0.1, -0.05) is 26.3 Å². The number of aromatic nitrogens is 1. The summed E-state index contributed by atoms with van der Waals surface area (Å²) in [5.74, 6) is 0.891. The number of benzene rings is 2. The van der Waals surface area contributed by atoms with Crippen molar-refractivity contribution in [3.63, 3.8) is 0 Å². The van der Waals surface area contributed by atoms with Gasteiger partial charge >= 0.3 is 0 Å². The number of aromatic amines is 1. The SMILES string of the molecule is CCC(C)C(Nc1ccc2c(cc1=O)C(NC(C)=O)CCc1cc(OC)c(OC)c(OC)c1-2)C(=O)Nc1ccc2[nH]ccc2c1. The van der Waals surface area contributed by atoms with Crippen molar-refractivity contribution in [3.05, 3.63) is 76.1 Å². The van der Waals surface area contributed by atoms with Crippen LogP contribution in [0.2, 0.25) is 0 Å². The number of nitrogens with one attached hydrogen (secondary N) is 4. The second kappa shape index (κ2) is 13.3. The van der Waals surface area contributed by atoms with Crippen LogP contribution in [0, 0.1) is 5.92 Å². The highest BCUT2D eigenvalue weighted by Gasteiger charge is 2.30. The molecule has 3 atom stereocenters. The summed E-state index contributed by atoms with van der Waals surface area (Å²) in [5.41, 5.74) is 4.67. The molecule has 1 heterocycles. The number of ether oxygens (including phenoxy) is 3. The van der Waals surface area contributed by atoms with Crippen molar-refractivity contribution in [1.82, 2.24) is 10.3 Å². The Morgan fingerprint density at radius 3 is 2.47 bits per heavy atom. The Kier molecular flexibility index (Phi) is 9.32. The molecule has 4 N–H and O–H groups in total. The first-order chi connectivity index (χ1) is 21.7. The number of fused-ring (bicyclic) bond motifs is 4. The Bertz CT molecular complexity index is 1800. The fraction of sp³-hybridized carbons (Fsp3) is 0.343. The highest BCUT2D eigenvalue weighted by atomic mass is 16.5. The van der Waals surface area contributed by atoms with Gasteiger partial charge in [0.25, 0.3) is 0 Å². The van der Waals surface area contributed by atoms with Crippen LogP contribution in [0.15, 0.2) is 59.5 Å².